The molecule has 0 unspecified atom stereocenters. The number of nitrogens with zero attached hydrogens (tertiary/aromatic N) is 1. The molecule has 0 radical (unpaired) electrons. The second kappa shape index (κ2) is 7.34. The van der Waals surface area contributed by atoms with Crippen LogP contribution in [0.3, 0.4) is 0 Å². The first-order valence-electron chi connectivity index (χ1n) is 5.27. The number of nitrogens with one attached hydrogen (secondary N) is 2. The Morgan fingerprint density at radius 3 is 2.87 bits per heavy atom. The van der Waals surface area contributed by atoms with E-state index in [2.05, 4.69) is 15.6 Å². The molecule has 3 N–H and O–H groups in total. The number of rotatable bonds is 7. The van der Waals surface area contributed by atoms with Crippen LogP contribution in [0.5, 0.6) is 0 Å². The lowest BCUT2D eigenvalue weighted by Crippen LogP contribution is -2.31. The zero-order valence-corrected chi connectivity index (χ0v) is 9.11. The second-order valence-electron chi connectivity index (χ2n) is 3.59. The number of aromatic nitrogens is 1. The summed E-state index contributed by atoms with van der Waals surface area (Å²) in [5.74, 6) is 0. The minimum atomic E-state index is -0.275. The van der Waals surface area contributed by atoms with Gasteiger partial charge in [-0.15, -0.1) is 0 Å². The smallest absolute Gasteiger partial charge is 0.0636 e. The van der Waals surface area contributed by atoms with Crippen molar-refractivity contribution >= 4 is 0 Å². The van der Waals surface area contributed by atoms with Gasteiger partial charge in [0.1, 0.15) is 0 Å². The average molecular weight is 209 g/mol. The first-order valence-corrected chi connectivity index (χ1v) is 5.27. The predicted octanol–water partition coefficient (Wildman–Crippen LogP) is 0.142. The Morgan fingerprint density at radius 2 is 2.20 bits per heavy atom. The van der Waals surface area contributed by atoms with Gasteiger partial charge in [-0.3, -0.25) is 4.98 Å². The molecule has 1 aromatic heterocycles. The summed E-state index contributed by atoms with van der Waals surface area (Å²) in [7, 11) is 0. The summed E-state index contributed by atoms with van der Waals surface area (Å²) in [4.78, 5) is 4.03. The molecular formula is C11H19N3O. The molecule has 0 saturated carbocycles. The third-order valence-electron chi connectivity index (χ3n) is 1.97. The van der Waals surface area contributed by atoms with Crippen LogP contribution in [0.15, 0.2) is 24.5 Å². The van der Waals surface area contributed by atoms with Crippen LogP contribution in [0.1, 0.15) is 12.5 Å². The lowest BCUT2D eigenvalue weighted by atomic mass is 10.3. The van der Waals surface area contributed by atoms with Crippen LogP contribution in [-0.4, -0.2) is 35.8 Å². The Hall–Kier alpha value is -0.970. The average Bonchev–Trinajstić information content (AvgIpc) is 2.24. The quantitative estimate of drug-likeness (QED) is 0.559. The highest BCUT2D eigenvalue weighted by atomic mass is 16.3. The zero-order valence-electron chi connectivity index (χ0n) is 9.11. The van der Waals surface area contributed by atoms with Crippen LogP contribution >= 0.6 is 0 Å². The van der Waals surface area contributed by atoms with Crippen LogP contribution in [0.2, 0.25) is 0 Å². The van der Waals surface area contributed by atoms with Crippen LogP contribution < -0.4 is 10.6 Å². The molecule has 0 fully saturated rings. The standard InChI is InChI=1S/C11H19N3O/c1-10(15)7-13-5-6-14-9-11-3-2-4-12-8-11/h2-4,8,10,13-15H,5-7,9H2,1H3/t10-/m1/s1. The molecule has 0 aromatic carbocycles. The van der Waals surface area contributed by atoms with Gasteiger partial charge in [-0.1, -0.05) is 6.07 Å². The highest BCUT2D eigenvalue weighted by Gasteiger charge is 1.94. The SMILES string of the molecule is C[C@@H](O)CNCCNCc1cccnc1. The first-order chi connectivity index (χ1) is 7.29. The van der Waals surface area contributed by atoms with Gasteiger partial charge in [0.05, 0.1) is 6.10 Å². The maximum Gasteiger partial charge on any atom is 0.0636 e. The number of hydrogen-bond donors (Lipinski definition) is 3. The van der Waals surface area contributed by atoms with Gasteiger partial charge in [0, 0.05) is 38.6 Å². The van der Waals surface area contributed by atoms with E-state index in [0.29, 0.717) is 6.54 Å². The fraction of sp³-hybridized carbons (Fsp3) is 0.545. The summed E-state index contributed by atoms with van der Waals surface area (Å²) < 4.78 is 0. The normalized spacial score (nSPS) is 12.7. The molecule has 1 heterocycles. The van der Waals surface area contributed by atoms with Crippen molar-refractivity contribution < 1.29 is 5.11 Å². The largest absolute Gasteiger partial charge is 0.392 e. The topological polar surface area (TPSA) is 57.2 Å². The molecule has 0 amide bonds. The molecule has 0 aliphatic carbocycles. The van der Waals surface area contributed by atoms with E-state index in [4.69, 9.17) is 5.11 Å². The van der Waals surface area contributed by atoms with Crippen LogP contribution in [0.25, 0.3) is 0 Å². The third kappa shape index (κ3) is 6.17. The van der Waals surface area contributed by atoms with Gasteiger partial charge >= 0.3 is 0 Å². The van der Waals surface area contributed by atoms with E-state index in [1.165, 1.54) is 5.56 Å². The first kappa shape index (κ1) is 12.1. The van der Waals surface area contributed by atoms with Crippen LogP contribution in [-0.2, 0) is 6.54 Å². The van der Waals surface area contributed by atoms with Crippen LogP contribution in [0.4, 0.5) is 0 Å². The van der Waals surface area contributed by atoms with E-state index in [9.17, 15) is 0 Å². The Balaban J connectivity index is 1.98. The number of pyridine rings is 1. The van der Waals surface area contributed by atoms with Crippen molar-refractivity contribution in [1.29, 1.82) is 0 Å². The summed E-state index contributed by atoms with van der Waals surface area (Å²) in [5, 5.41) is 15.4. The third-order valence-corrected chi connectivity index (χ3v) is 1.97. The van der Waals surface area contributed by atoms with Gasteiger partial charge < -0.3 is 15.7 Å². The molecule has 4 heteroatoms. The van der Waals surface area contributed by atoms with Crippen molar-refractivity contribution in [3.05, 3.63) is 30.1 Å². The van der Waals surface area contributed by atoms with Crippen molar-refractivity contribution in [2.45, 2.75) is 19.6 Å². The van der Waals surface area contributed by atoms with E-state index >= 15 is 0 Å². The summed E-state index contributed by atoms with van der Waals surface area (Å²) in [6.07, 6.45) is 3.35. The molecular weight excluding hydrogens is 190 g/mol. The summed E-state index contributed by atoms with van der Waals surface area (Å²) >= 11 is 0. The van der Waals surface area contributed by atoms with Gasteiger partial charge in [0.2, 0.25) is 0 Å². The number of hydrogen-bond acceptors (Lipinski definition) is 4. The predicted molar refractivity (Wildman–Crippen MR) is 60.5 cm³/mol. The lowest BCUT2D eigenvalue weighted by Gasteiger charge is -2.07. The van der Waals surface area contributed by atoms with E-state index in [0.717, 1.165) is 19.6 Å². The highest BCUT2D eigenvalue weighted by molar-refractivity contribution is 5.07. The molecule has 84 valence electrons. The molecule has 1 atom stereocenters. The highest BCUT2D eigenvalue weighted by Crippen LogP contribution is 1.93. The Kier molecular flexibility index (Phi) is 5.92. The molecule has 15 heavy (non-hydrogen) atoms. The maximum absolute atomic E-state index is 9.00. The molecule has 4 nitrogen and oxygen atoms in total. The Bertz CT molecular complexity index is 251. The molecule has 0 spiro atoms. The lowest BCUT2D eigenvalue weighted by molar-refractivity contribution is 0.191. The zero-order chi connectivity index (χ0) is 10.9. The Labute approximate surface area is 90.7 Å². The molecule has 0 aliphatic rings. The van der Waals surface area contributed by atoms with E-state index in [1.54, 1.807) is 13.1 Å². The molecule has 1 rings (SSSR count). The minimum absolute atomic E-state index is 0.275. The second-order valence-corrected chi connectivity index (χ2v) is 3.59. The van der Waals surface area contributed by atoms with Gasteiger partial charge in [-0.2, -0.15) is 0 Å². The molecule has 1 aromatic rings. The van der Waals surface area contributed by atoms with Crippen molar-refractivity contribution in [2.24, 2.45) is 0 Å². The van der Waals surface area contributed by atoms with E-state index in [1.807, 2.05) is 18.3 Å². The maximum atomic E-state index is 9.00. The van der Waals surface area contributed by atoms with E-state index in [-0.39, 0.29) is 6.10 Å². The van der Waals surface area contributed by atoms with Crippen molar-refractivity contribution in [3.63, 3.8) is 0 Å². The fourth-order valence-corrected chi connectivity index (χ4v) is 1.22. The van der Waals surface area contributed by atoms with Crippen molar-refractivity contribution in [1.82, 2.24) is 15.6 Å². The molecule has 0 aliphatic heterocycles. The van der Waals surface area contributed by atoms with Crippen molar-refractivity contribution in [2.75, 3.05) is 19.6 Å². The van der Waals surface area contributed by atoms with E-state index < -0.39 is 0 Å². The summed E-state index contributed by atoms with van der Waals surface area (Å²) in [6.45, 7) is 5.02. The fourth-order valence-electron chi connectivity index (χ4n) is 1.22. The minimum Gasteiger partial charge on any atom is -0.392 e. The summed E-state index contributed by atoms with van der Waals surface area (Å²) in [5.41, 5.74) is 1.19. The molecule has 0 saturated heterocycles. The Morgan fingerprint density at radius 1 is 1.40 bits per heavy atom. The van der Waals surface area contributed by atoms with Gasteiger partial charge in [-0.05, 0) is 18.6 Å². The molecule has 0 bridgehead atoms. The van der Waals surface area contributed by atoms with Gasteiger partial charge in [0.15, 0.2) is 0 Å². The van der Waals surface area contributed by atoms with Crippen LogP contribution in [0, 0.1) is 0 Å². The number of aliphatic hydroxyl groups excluding tert-OH is 1. The number of aliphatic hydroxyl groups is 1. The summed E-state index contributed by atoms with van der Waals surface area (Å²) in [6, 6.07) is 3.98. The van der Waals surface area contributed by atoms with Gasteiger partial charge in [0.25, 0.3) is 0 Å². The van der Waals surface area contributed by atoms with Gasteiger partial charge in [-0.25, -0.2) is 0 Å². The monoisotopic (exact) mass is 209 g/mol. The van der Waals surface area contributed by atoms with Crippen molar-refractivity contribution in [3.8, 4) is 0 Å².